The SMILES string of the molecule is CCCNc1ncnc(Cc2nccn2C)c1[N+](=O)[O-]. The van der Waals surface area contributed by atoms with Crippen molar-refractivity contribution in [1.82, 2.24) is 19.5 Å². The molecule has 2 rings (SSSR count). The minimum atomic E-state index is -0.448. The molecule has 8 heteroatoms. The lowest BCUT2D eigenvalue weighted by molar-refractivity contribution is -0.385. The maximum atomic E-state index is 11.3. The minimum absolute atomic E-state index is 0.0797. The van der Waals surface area contributed by atoms with Crippen molar-refractivity contribution < 1.29 is 4.92 Å². The molecule has 0 atom stereocenters. The van der Waals surface area contributed by atoms with E-state index < -0.39 is 4.92 Å². The fourth-order valence-corrected chi connectivity index (χ4v) is 1.83. The highest BCUT2D eigenvalue weighted by Gasteiger charge is 2.23. The molecule has 2 aromatic heterocycles. The molecule has 0 aromatic carbocycles. The second kappa shape index (κ2) is 6.09. The molecule has 0 bridgehead atoms. The van der Waals surface area contributed by atoms with E-state index in [1.54, 1.807) is 12.4 Å². The van der Waals surface area contributed by atoms with Crippen LogP contribution in [0.1, 0.15) is 24.9 Å². The van der Waals surface area contributed by atoms with E-state index >= 15 is 0 Å². The van der Waals surface area contributed by atoms with E-state index in [0.29, 0.717) is 24.5 Å². The van der Waals surface area contributed by atoms with Crippen LogP contribution in [0.2, 0.25) is 0 Å². The Balaban J connectivity index is 2.36. The maximum Gasteiger partial charge on any atom is 0.333 e. The molecule has 0 unspecified atom stereocenters. The topological polar surface area (TPSA) is 98.8 Å². The molecule has 0 saturated heterocycles. The third-order valence-electron chi connectivity index (χ3n) is 2.87. The zero-order valence-electron chi connectivity index (χ0n) is 11.4. The van der Waals surface area contributed by atoms with Gasteiger partial charge < -0.3 is 9.88 Å². The molecule has 0 amide bonds. The molecule has 0 aliphatic carbocycles. The second-order valence-corrected chi connectivity index (χ2v) is 4.33. The van der Waals surface area contributed by atoms with Crippen LogP contribution in [0.4, 0.5) is 11.5 Å². The highest BCUT2D eigenvalue weighted by atomic mass is 16.6. The highest BCUT2D eigenvalue weighted by molar-refractivity contribution is 5.58. The van der Waals surface area contributed by atoms with E-state index in [1.165, 1.54) is 6.33 Å². The van der Waals surface area contributed by atoms with Gasteiger partial charge in [0.1, 0.15) is 17.8 Å². The van der Waals surface area contributed by atoms with Crippen molar-refractivity contribution in [2.45, 2.75) is 19.8 Å². The molecule has 0 saturated carbocycles. The van der Waals surface area contributed by atoms with Crippen LogP contribution in [0.3, 0.4) is 0 Å². The van der Waals surface area contributed by atoms with Gasteiger partial charge in [0, 0.05) is 26.0 Å². The molecule has 0 aliphatic rings. The number of rotatable bonds is 6. The van der Waals surface area contributed by atoms with Crippen molar-refractivity contribution in [2.24, 2.45) is 7.05 Å². The fraction of sp³-hybridized carbons (Fsp3) is 0.417. The van der Waals surface area contributed by atoms with Gasteiger partial charge in [-0.3, -0.25) is 10.1 Å². The van der Waals surface area contributed by atoms with Crippen molar-refractivity contribution in [3.05, 3.63) is 40.4 Å². The van der Waals surface area contributed by atoms with Gasteiger partial charge in [0.15, 0.2) is 0 Å². The smallest absolute Gasteiger partial charge is 0.333 e. The Morgan fingerprint density at radius 2 is 2.20 bits per heavy atom. The van der Waals surface area contributed by atoms with Gasteiger partial charge in [-0.1, -0.05) is 6.92 Å². The molecule has 1 N–H and O–H groups in total. The zero-order chi connectivity index (χ0) is 14.5. The van der Waals surface area contributed by atoms with Crippen molar-refractivity contribution in [2.75, 3.05) is 11.9 Å². The molecule has 20 heavy (non-hydrogen) atoms. The molecule has 0 aliphatic heterocycles. The molecule has 0 radical (unpaired) electrons. The van der Waals surface area contributed by atoms with E-state index in [-0.39, 0.29) is 11.5 Å². The molecule has 0 fully saturated rings. The Morgan fingerprint density at radius 3 is 2.80 bits per heavy atom. The van der Waals surface area contributed by atoms with Crippen molar-refractivity contribution in [3.63, 3.8) is 0 Å². The van der Waals surface area contributed by atoms with E-state index in [0.717, 1.165) is 6.42 Å². The average Bonchev–Trinajstić information content (AvgIpc) is 2.81. The molecule has 2 aromatic rings. The third-order valence-corrected chi connectivity index (χ3v) is 2.87. The van der Waals surface area contributed by atoms with Gasteiger partial charge in [-0.05, 0) is 6.42 Å². The lowest BCUT2D eigenvalue weighted by Gasteiger charge is -2.07. The number of nitro groups is 1. The number of aromatic nitrogens is 4. The number of hydrogen-bond acceptors (Lipinski definition) is 6. The largest absolute Gasteiger partial charge is 0.364 e. The number of aryl methyl sites for hydroxylation is 1. The summed E-state index contributed by atoms with van der Waals surface area (Å²) >= 11 is 0. The van der Waals surface area contributed by atoms with Crippen LogP contribution in [0.15, 0.2) is 18.7 Å². The van der Waals surface area contributed by atoms with Crippen LogP contribution in [-0.4, -0.2) is 31.0 Å². The van der Waals surface area contributed by atoms with Gasteiger partial charge in [-0.2, -0.15) is 0 Å². The van der Waals surface area contributed by atoms with Gasteiger partial charge in [0.05, 0.1) is 11.3 Å². The predicted molar refractivity (Wildman–Crippen MR) is 73.5 cm³/mol. The van der Waals surface area contributed by atoms with Crippen LogP contribution in [-0.2, 0) is 13.5 Å². The minimum Gasteiger partial charge on any atom is -0.364 e. The monoisotopic (exact) mass is 276 g/mol. The second-order valence-electron chi connectivity index (χ2n) is 4.33. The third kappa shape index (κ3) is 2.90. The summed E-state index contributed by atoms with van der Waals surface area (Å²) < 4.78 is 1.81. The number of nitrogens with zero attached hydrogens (tertiary/aromatic N) is 5. The van der Waals surface area contributed by atoms with Gasteiger partial charge >= 0.3 is 5.69 Å². The molecule has 8 nitrogen and oxygen atoms in total. The summed E-state index contributed by atoms with van der Waals surface area (Å²) in [7, 11) is 1.84. The Bertz CT molecular complexity index is 610. The first-order valence-corrected chi connectivity index (χ1v) is 6.31. The number of anilines is 1. The Morgan fingerprint density at radius 1 is 1.40 bits per heavy atom. The summed E-state index contributed by atoms with van der Waals surface area (Å²) in [4.78, 5) is 23.0. The molecule has 106 valence electrons. The van der Waals surface area contributed by atoms with Crippen LogP contribution in [0, 0.1) is 10.1 Å². The maximum absolute atomic E-state index is 11.3. The first-order valence-electron chi connectivity index (χ1n) is 6.31. The van der Waals surface area contributed by atoms with Gasteiger partial charge in [0.25, 0.3) is 0 Å². The van der Waals surface area contributed by atoms with Crippen LogP contribution < -0.4 is 5.32 Å². The van der Waals surface area contributed by atoms with Gasteiger partial charge in [-0.25, -0.2) is 15.0 Å². The summed E-state index contributed by atoms with van der Waals surface area (Å²) in [6.45, 7) is 2.61. The Hall–Kier alpha value is -2.51. The normalized spacial score (nSPS) is 10.5. The summed E-state index contributed by atoms with van der Waals surface area (Å²) in [5, 5.41) is 14.2. The number of hydrogen-bond donors (Lipinski definition) is 1. The summed E-state index contributed by atoms with van der Waals surface area (Å²) in [5.41, 5.74) is 0.279. The summed E-state index contributed by atoms with van der Waals surface area (Å²) in [6, 6.07) is 0. The quantitative estimate of drug-likeness (QED) is 0.634. The van der Waals surface area contributed by atoms with Crippen molar-refractivity contribution in [3.8, 4) is 0 Å². The molecular formula is C12H16N6O2. The molecular weight excluding hydrogens is 260 g/mol. The molecule has 0 spiro atoms. The Labute approximate surface area is 116 Å². The number of nitrogens with one attached hydrogen (secondary N) is 1. The average molecular weight is 276 g/mol. The molecule has 2 heterocycles. The lowest BCUT2D eigenvalue weighted by atomic mass is 10.2. The Kier molecular flexibility index (Phi) is 4.24. The van der Waals surface area contributed by atoms with E-state index in [2.05, 4.69) is 20.3 Å². The summed E-state index contributed by atoms with van der Waals surface area (Å²) in [6.07, 6.45) is 5.93. The predicted octanol–water partition coefficient (Wildman–Crippen LogP) is 1.53. The van der Waals surface area contributed by atoms with Crippen LogP contribution in [0.25, 0.3) is 0 Å². The standard InChI is InChI=1S/C12H16N6O2/c1-3-4-14-12-11(18(19)20)9(15-8-16-12)7-10-13-5-6-17(10)2/h5-6,8H,3-4,7H2,1-2H3,(H,14,15,16). The first kappa shape index (κ1) is 13.9. The van der Waals surface area contributed by atoms with Crippen LogP contribution >= 0.6 is 0 Å². The highest BCUT2D eigenvalue weighted by Crippen LogP contribution is 2.26. The number of imidazole rings is 1. The van der Waals surface area contributed by atoms with E-state index in [1.807, 2.05) is 18.5 Å². The lowest BCUT2D eigenvalue weighted by Crippen LogP contribution is -2.10. The summed E-state index contributed by atoms with van der Waals surface area (Å²) in [5.74, 6) is 0.976. The first-order chi connectivity index (χ1) is 9.63. The van der Waals surface area contributed by atoms with Crippen molar-refractivity contribution in [1.29, 1.82) is 0 Å². The van der Waals surface area contributed by atoms with Gasteiger partial charge in [-0.15, -0.1) is 0 Å². The van der Waals surface area contributed by atoms with E-state index in [9.17, 15) is 10.1 Å². The van der Waals surface area contributed by atoms with E-state index in [4.69, 9.17) is 0 Å². The fourth-order valence-electron chi connectivity index (χ4n) is 1.83. The van der Waals surface area contributed by atoms with Crippen molar-refractivity contribution >= 4 is 11.5 Å². The van der Waals surface area contributed by atoms with Crippen LogP contribution in [0.5, 0.6) is 0 Å². The zero-order valence-corrected chi connectivity index (χ0v) is 11.4. The van der Waals surface area contributed by atoms with Gasteiger partial charge in [0.2, 0.25) is 5.82 Å².